The fourth-order valence-corrected chi connectivity index (χ4v) is 4.67. The topological polar surface area (TPSA) is 85.8 Å². The highest BCUT2D eigenvalue weighted by molar-refractivity contribution is 7.92. The minimum Gasteiger partial charge on any atom is -0.465 e. The van der Waals surface area contributed by atoms with Gasteiger partial charge in [0.15, 0.2) is 0 Å². The van der Waals surface area contributed by atoms with Gasteiger partial charge in [-0.25, -0.2) is 13.2 Å². The van der Waals surface area contributed by atoms with E-state index in [9.17, 15) is 13.2 Å². The second-order valence-electron chi connectivity index (χ2n) is 6.61. The molecule has 1 heterocycles. The highest BCUT2D eigenvalue weighted by Crippen LogP contribution is 2.28. The van der Waals surface area contributed by atoms with Gasteiger partial charge in [0, 0.05) is 18.9 Å². The first-order chi connectivity index (χ1) is 14.9. The minimum absolute atomic E-state index is 0.0315. The zero-order valence-electron chi connectivity index (χ0n) is 17.6. The van der Waals surface area contributed by atoms with Gasteiger partial charge in [0.05, 0.1) is 23.3 Å². The third-order valence-corrected chi connectivity index (χ3v) is 6.65. The first-order valence-electron chi connectivity index (χ1n) is 9.82. The molecule has 0 aliphatic carbocycles. The third-order valence-electron chi connectivity index (χ3n) is 4.75. The molecule has 3 aromatic rings. The number of carbonyl (C=O) groups is 1. The summed E-state index contributed by atoms with van der Waals surface area (Å²) in [6.07, 6.45) is 3.84. The molecule has 162 valence electrons. The lowest BCUT2D eigenvalue weighted by Gasteiger charge is -2.23. The van der Waals surface area contributed by atoms with E-state index < -0.39 is 16.0 Å². The number of aryl methyl sites for hydroxylation is 1. The van der Waals surface area contributed by atoms with E-state index in [0.29, 0.717) is 23.6 Å². The van der Waals surface area contributed by atoms with Crippen LogP contribution in [0.25, 0.3) is 0 Å². The van der Waals surface area contributed by atoms with Crippen molar-refractivity contribution in [3.63, 3.8) is 0 Å². The average molecular weight is 441 g/mol. The molecule has 1 aromatic heterocycles. The summed E-state index contributed by atoms with van der Waals surface area (Å²) < 4.78 is 38.5. The maximum Gasteiger partial charge on any atom is 0.338 e. The van der Waals surface area contributed by atoms with Crippen LogP contribution in [0, 0.1) is 0 Å². The van der Waals surface area contributed by atoms with Gasteiger partial charge in [-0.1, -0.05) is 13.0 Å². The summed E-state index contributed by atoms with van der Waals surface area (Å²) in [4.78, 5) is 16.1. The number of pyridine rings is 1. The van der Waals surface area contributed by atoms with Gasteiger partial charge in [-0.05, 0) is 67.4 Å². The zero-order chi connectivity index (χ0) is 22.4. The largest absolute Gasteiger partial charge is 0.465 e. The lowest BCUT2D eigenvalue weighted by molar-refractivity contribution is 0.0599. The van der Waals surface area contributed by atoms with Crippen LogP contribution in [0.3, 0.4) is 0 Å². The number of hydrogen-bond donors (Lipinski definition) is 0. The van der Waals surface area contributed by atoms with E-state index in [1.54, 1.807) is 61.8 Å². The van der Waals surface area contributed by atoms with Gasteiger partial charge in [0.1, 0.15) is 11.5 Å². The number of nitrogens with zero attached hydrogens (tertiary/aromatic N) is 2. The molecule has 0 amide bonds. The number of anilines is 1. The smallest absolute Gasteiger partial charge is 0.338 e. The molecule has 0 bridgehead atoms. The van der Waals surface area contributed by atoms with Crippen molar-refractivity contribution in [3.05, 3.63) is 78.1 Å². The first kappa shape index (κ1) is 22.3. The van der Waals surface area contributed by atoms with Crippen LogP contribution in [0.2, 0.25) is 0 Å². The van der Waals surface area contributed by atoms with E-state index in [1.165, 1.54) is 23.5 Å². The Morgan fingerprint density at radius 3 is 2.19 bits per heavy atom. The van der Waals surface area contributed by atoms with Gasteiger partial charge in [0.25, 0.3) is 10.0 Å². The fraction of sp³-hybridized carbons (Fsp3) is 0.217. The van der Waals surface area contributed by atoms with Crippen LogP contribution >= 0.6 is 0 Å². The van der Waals surface area contributed by atoms with Crippen LogP contribution in [-0.4, -0.2) is 33.0 Å². The fourth-order valence-electron chi connectivity index (χ4n) is 3.17. The standard InChI is InChI=1S/C23H24N2O5S/c1-4-17-6-11-21(16-22(17)23(26)29-3)31(27,28)25(5-2)18-7-9-19(10-8-18)30-20-12-14-24-15-13-20/h6-16H,4-5H2,1-3H3. The van der Waals surface area contributed by atoms with E-state index >= 15 is 0 Å². The van der Waals surface area contributed by atoms with Crippen LogP contribution in [-0.2, 0) is 21.2 Å². The van der Waals surface area contributed by atoms with Crippen LogP contribution in [0.5, 0.6) is 11.5 Å². The van der Waals surface area contributed by atoms with Crippen molar-refractivity contribution in [2.75, 3.05) is 18.0 Å². The number of ether oxygens (including phenoxy) is 2. The van der Waals surface area contributed by atoms with Gasteiger partial charge in [-0.3, -0.25) is 9.29 Å². The molecule has 3 rings (SSSR count). The van der Waals surface area contributed by atoms with Gasteiger partial charge in [0.2, 0.25) is 0 Å². The zero-order valence-corrected chi connectivity index (χ0v) is 18.4. The molecular formula is C23H24N2O5S. The molecule has 0 fully saturated rings. The molecule has 0 saturated heterocycles. The Morgan fingerprint density at radius 1 is 0.968 bits per heavy atom. The van der Waals surface area contributed by atoms with Gasteiger partial charge >= 0.3 is 5.97 Å². The molecule has 0 spiro atoms. The molecule has 7 nitrogen and oxygen atoms in total. The average Bonchev–Trinajstić information content (AvgIpc) is 2.80. The van der Waals surface area contributed by atoms with Crippen molar-refractivity contribution in [2.45, 2.75) is 25.2 Å². The summed E-state index contributed by atoms with van der Waals surface area (Å²) in [5, 5.41) is 0. The normalized spacial score (nSPS) is 11.1. The van der Waals surface area contributed by atoms with E-state index in [2.05, 4.69) is 4.98 Å². The number of methoxy groups -OCH3 is 1. The number of esters is 1. The van der Waals surface area contributed by atoms with Crippen molar-refractivity contribution < 1.29 is 22.7 Å². The molecule has 0 unspecified atom stereocenters. The molecule has 0 radical (unpaired) electrons. The summed E-state index contributed by atoms with van der Waals surface area (Å²) in [6, 6.07) is 14.8. The monoisotopic (exact) mass is 440 g/mol. The minimum atomic E-state index is -3.89. The lowest BCUT2D eigenvalue weighted by atomic mass is 10.1. The number of benzene rings is 2. The van der Waals surface area contributed by atoms with Gasteiger partial charge < -0.3 is 9.47 Å². The molecule has 0 aliphatic rings. The van der Waals surface area contributed by atoms with Crippen molar-refractivity contribution in [1.29, 1.82) is 0 Å². The predicted molar refractivity (Wildman–Crippen MR) is 118 cm³/mol. The SMILES string of the molecule is CCc1ccc(S(=O)(=O)N(CC)c2ccc(Oc3ccncc3)cc2)cc1C(=O)OC. The van der Waals surface area contributed by atoms with Crippen molar-refractivity contribution >= 4 is 21.7 Å². The van der Waals surface area contributed by atoms with Gasteiger partial charge in [-0.2, -0.15) is 0 Å². The Labute approximate surface area is 182 Å². The van der Waals surface area contributed by atoms with Crippen LogP contribution in [0.15, 0.2) is 71.9 Å². The van der Waals surface area contributed by atoms with E-state index in [1.807, 2.05) is 6.92 Å². The Balaban J connectivity index is 1.91. The second-order valence-corrected chi connectivity index (χ2v) is 8.48. The summed E-state index contributed by atoms with van der Waals surface area (Å²) >= 11 is 0. The number of sulfonamides is 1. The quantitative estimate of drug-likeness (QED) is 0.482. The van der Waals surface area contributed by atoms with E-state index in [-0.39, 0.29) is 17.0 Å². The number of hydrogen-bond acceptors (Lipinski definition) is 6. The number of rotatable bonds is 8. The van der Waals surface area contributed by atoms with Crippen molar-refractivity contribution in [2.24, 2.45) is 0 Å². The molecule has 0 atom stereocenters. The summed E-state index contributed by atoms with van der Waals surface area (Å²) in [6.45, 7) is 3.86. The Hall–Kier alpha value is -3.39. The first-order valence-corrected chi connectivity index (χ1v) is 11.3. The van der Waals surface area contributed by atoms with E-state index in [0.717, 1.165) is 5.56 Å². The Bertz CT molecular complexity index is 1150. The Morgan fingerprint density at radius 2 is 1.61 bits per heavy atom. The third kappa shape index (κ3) is 4.86. The molecule has 0 aliphatic heterocycles. The summed E-state index contributed by atoms with van der Waals surface area (Å²) in [7, 11) is -2.61. The summed E-state index contributed by atoms with van der Waals surface area (Å²) in [5.41, 5.74) is 1.47. The maximum absolute atomic E-state index is 13.3. The number of aromatic nitrogens is 1. The molecular weight excluding hydrogens is 416 g/mol. The molecule has 2 aromatic carbocycles. The lowest BCUT2D eigenvalue weighted by Crippen LogP contribution is -2.31. The van der Waals surface area contributed by atoms with Crippen molar-refractivity contribution in [3.8, 4) is 11.5 Å². The second kappa shape index (κ2) is 9.61. The van der Waals surface area contributed by atoms with Crippen LogP contribution in [0.4, 0.5) is 5.69 Å². The Kier molecular flexibility index (Phi) is 6.91. The van der Waals surface area contributed by atoms with Gasteiger partial charge in [-0.15, -0.1) is 0 Å². The number of carbonyl (C=O) groups excluding carboxylic acids is 1. The predicted octanol–water partition coefficient (Wildman–Crippen LogP) is 4.44. The molecule has 0 saturated carbocycles. The molecule has 31 heavy (non-hydrogen) atoms. The molecule has 0 N–H and O–H groups in total. The van der Waals surface area contributed by atoms with E-state index in [4.69, 9.17) is 9.47 Å². The molecule has 8 heteroatoms. The maximum atomic E-state index is 13.3. The highest BCUT2D eigenvalue weighted by Gasteiger charge is 2.26. The van der Waals surface area contributed by atoms with Crippen LogP contribution < -0.4 is 9.04 Å². The van der Waals surface area contributed by atoms with Crippen molar-refractivity contribution in [1.82, 2.24) is 4.98 Å². The van der Waals surface area contributed by atoms with Crippen LogP contribution in [0.1, 0.15) is 29.8 Å². The summed E-state index contributed by atoms with van der Waals surface area (Å²) in [5.74, 6) is 0.646. The highest BCUT2D eigenvalue weighted by atomic mass is 32.2.